The molecule has 1 aliphatic carbocycles. The molecule has 2 heterocycles. The van der Waals surface area contributed by atoms with Crippen molar-refractivity contribution in [3.05, 3.63) is 76.6 Å². The summed E-state index contributed by atoms with van der Waals surface area (Å²) in [5.41, 5.74) is 9.82. The van der Waals surface area contributed by atoms with Crippen LogP contribution in [-0.2, 0) is 16.7 Å². The van der Waals surface area contributed by atoms with E-state index in [2.05, 4.69) is 36.0 Å². The molecular weight excluding hydrogens is 416 g/mol. The van der Waals surface area contributed by atoms with Gasteiger partial charge >= 0.3 is 5.97 Å². The van der Waals surface area contributed by atoms with Gasteiger partial charge in [0.15, 0.2) is 0 Å². The molecule has 1 unspecified atom stereocenters. The van der Waals surface area contributed by atoms with Crippen LogP contribution in [0.3, 0.4) is 0 Å². The lowest BCUT2D eigenvalue weighted by Gasteiger charge is -2.36. The number of benzene rings is 2. The van der Waals surface area contributed by atoms with E-state index in [1.165, 1.54) is 22.4 Å². The van der Waals surface area contributed by atoms with Gasteiger partial charge in [-0.05, 0) is 65.8 Å². The van der Waals surface area contributed by atoms with Gasteiger partial charge in [0.1, 0.15) is 5.75 Å². The van der Waals surface area contributed by atoms with Crippen LogP contribution in [0.5, 0.6) is 5.75 Å². The first kappa shape index (κ1) is 21.6. The number of ether oxygens (including phenoxy) is 2. The topological polar surface area (TPSA) is 81.8 Å². The number of nitrogens with two attached hydrogens (primary N) is 1. The standard InChI is InChI=1S/C26H30N4O3/c1-5-33-25(31)17-8-11-21-20(12-17)22-24(23-18(13-26(22,2)3)15-30(27)28-23)29(21)14-16-6-9-19(32-4)10-7-16/h6-12,15,23,28H,5,13-14,27H2,1-4H3. The highest BCUT2D eigenvalue weighted by atomic mass is 16.5. The summed E-state index contributed by atoms with van der Waals surface area (Å²) in [5.74, 6) is 6.67. The number of methoxy groups -OCH3 is 1. The Bertz CT molecular complexity index is 1260. The maximum atomic E-state index is 12.5. The van der Waals surface area contributed by atoms with E-state index < -0.39 is 0 Å². The number of carbonyl (C=O) groups excluding carboxylic acids is 1. The highest BCUT2D eigenvalue weighted by Gasteiger charge is 2.43. The van der Waals surface area contributed by atoms with Crippen molar-refractivity contribution in [2.75, 3.05) is 13.7 Å². The molecule has 0 saturated carbocycles. The molecule has 5 rings (SSSR count). The molecule has 1 atom stereocenters. The maximum Gasteiger partial charge on any atom is 0.338 e. The zero-order chi connectivity index (χ0) is 23.3. The highest BCUT2D eigenvalue weighted by molar-refractivity contribution is 5.97. The molecule has 0 fully saturated rings. The lowest BCUT2D eigenvalue weighted by molar-refractivity contribution is 0.0526. The Kier molecular flexibility index (Phi) is 5.18. The maximum absolute atomic E-state index is 12.5. The van der Waals surface area contributed by atoms with E-state index in [1.54, 1.807) is 12.2 Å². The molecule has 2 aromatic carbocycles. The average molecular weight is 447 g/mol. The second-order valence-corrected chi connectivity index (χ2v) is 9.38. The Morgan fingerprint density at radius 1 is 1.21 bits per heavy atom. The fourth-order valence-corrected chi connectivity index (χ4v) is 5.32. The van der Waals surface area contributed by atoms with Crippen LogP contribution in [0, 0.1) is 0 Å². The third kappa shape index (κ3) is 3.57. The summed E-state index contributed by atoms with van der Waals surface area (Å²) in [7, 11) is 1.67. The lowest BCUT2D eigenvalue weighted by atomic mass is 9.71. The first-order valence-electron chi connectivity index (χ1n) is 11.3. The fraction of sp³-hybridized carbons (Fsp3) is 0.346. The number of hydrogen-bond acceptors (Lipinski definition) is 6. The van der Waals surface area contributed by atoms with Gasteiger partial charge in [0.05, 0.1) is 25.3 Å². The van der Waals surface area contributed by atoms with E-state index in [0.29, 0.717) is 18.7 Å². The molecular formula is C26H30N4O3. The quantitative estimate of drug-likeness (QED) is 0.452. The summed E-state index contributed by atoms with van der Waals surface area (Å²) in [5, 5.41) is 2.65. The molecule has 0 bridgehead atoms. The van der Waals surface area contributed by atoms with Crippen LogP contribution in [0.2, 0.25) is 0 Å². The number of aromatic nitrogens is 1. The van der Waals surface area contributed by atoms with E-state index in [9.17, 15) is 4.79 Å². The van der Waals surface area contributed by atoms with Crippen molar-refractivity contribution >= 4 is 16.9 Å². The molecule has 7 heteroatoms. The van der Waals surface area contributed by atoms with E-state index in [-0.39, 0.29) is 17.4 Å². The smallest absolute Gasteiger partial charge is 0.338 e. The van der Waals surface area contributed by atoms with Gasteiger partial charge in [0.25, 0.3) is 0 Å². The van der Waals surface area contributed by atoms with Crippen molar-refractivity contribution < 1.29 is 14.3 Å². The fourth-order valence-electron chi connectivity index (χ4n) is 5.32. The van der Waals surface area contributed by atoms with E-state index in [1.807, 2.05) is 43.5 Å². The highest BCUT2D eigenvalue weighted by Crippen LogP contribution is 2.50. The predicted octanol–water partition coefficient (Wildman–Crippen LogP) is 4.18. The lowest BCUT2D eigenvalue weighted by Crippen LogP contribution is -2.39. The second kappa shape index (κ2) is 7.93. The number of nitrogens with one attached hydrogen (secondary N) is 1. The van der Waals surface area contributed by atoms with Gasteiger partial charge in [-0.2, -0.15) is 0 Å². The normalized spacial score (nSPS) is 18.6. The Hall–Kier alpha value is -3.29. The molecule has 3 aromatic rings. The molecule has 1 aliphatic heterocycles. The largest absolute Gasteiger partial charge is 0.497 e. The van der Waals surface area contributed by atoms with Crippen LogP contribution < -0.4 is 16.0 Å². The van der Waals surface area contributed by atoms with Crippen LogP contribution in [-0.4, -0.2) is 29.4 Å². The first-order valence-corrected chi connectivity index (χ1v) is 11.3. The van der Waals surface area contributed by atoms with Gasteiger partial charge in [0, 0.05) is 29.3 Å². The second-order valence-electron chi connectivity index (χ2n) is 9.38. The number of hydrogen-bond donors (Lipinski definition) is 2. The van der Waals surface area contributed by atoms with Gasteiger partial charge in [-0.15, -0.1) is 0 Å². The predicted molar refractivity (Wildman–Crippen MR) is 128 cm³/mol. The Morgan fingerprint density at radius 2 is 1.97 bits per heavy atom. The Labute approximate surface area is 193 Å². The summed E-state index contributed by atoms with van der Waals surface area (Å²) in [6.45, 7) is 7.39. The van der Waals surface area contributed by atoms with Gasteiger partial charge in [-0.1, -0.05) is 26.0 Å². The number of hydrazine groups is 2. The van der Waals surface area contributed by atoms with E-state index in [0.717, 1.165) is 23.1 Å². The molecule has 172 valence electrons. The average Bonchev–Trinajstić information content (AvgIpc) is 3.31. The van der Waals surface area contributed by atoms with Crippen LogP contribution in [0.15, 0.2) is 54.2 Å². The van der Waals surface area contributed by atoms with Gasteiger partial charge in [-0.3, -0.25) is 5.12 Å². The molecule has 2 aliphatic rings. The van der Waals surface area contributed by atoms with Crippen LogP contribution in [0.4, 0.5) is 0 Å². The molecule has 0 saturated heterocycles. The number of esters is 1. The van der Waals surface area contributed by atoms with Crippen molar-refractivity contribution in [1.82, 2.24) is 15.1 Å². The van der Waals surface area contributed by atoms with Crippen LogP contribution in [0.25, 0.3) is 10.9 Å². The summed E-state index contributed by atoms with van der Waals surface area (Å²) >= 11 is 0. The van der Waals surface area contributed by atoms with Crippen LogP contribution >= 0.6 is 0 Å². The van der Waals surface area contributed by atoms with Gasteiger partial charge < -0.3 is 14.0 Å². The molecule has 0 amide bonds. The molecule has 33 heavy (non-hydrogen) atoms. The molecule has 0 spiro atoms. The minimum Gasteiger partial charge on any atom is -0.497 e. The number of carbonyl (C=O) groups is 1. The summed E-state index contributed by atoms with van der Waals surface area (Å²) < 4.78 is 13.0. The SMILES string of the molecule is CCOC(=O)c1ccc2c(c1)c1c(n2Cc2ccc(OC)cc2)C2NN(N)C=C2CC1(C)C. The van der Waals surface area contributed by atoms with Crippen molar-refractivity contribution in [2.45, 2.75) is 45.2 Å². The van der Waals surface area contributed by atoms with Crippen LogP contribution in [0.1, 0.15) is 60.4 Å². The van der Waals surface area contributed by atoms with Gasteiger partial charge in [-0.25, -0.2) is 16.1 Å². The van der Waals surface area contributed by atoms with E-state index >= 15 is 0 Å². The molecule has 3 N–H and O–H groups in total. The first-order chi connectivity index (χ1) is 15.8. The third-order valence-corrected chi connectivity index (χ3v) is 6.66. The zero-order valence-electron chi connectivity index (χ0n) is 19.5. The minimum absolute atomic E-state index is 0.00489. The minimum atomic E-state index is -0.294. The molecule has 0 radical (unpaired) electrons. The monoisotopic (exact) mass is 446 g/mol. The number of nitrogens with zero attached hydrogens (tertiary/aromatic N) is 2. The Morgan fingerprint density at radius 3 is 2.67 bits per heavy atom. The summed E-state index contributed by atoms with van der Waals surface area (Å²) in [6.07, 6.45) is 2.88. The number of fused-ring (bicyclic) bond motifs is 5. The third-order valence-electron chi connectivity index (χ3n) is 6.66. The molecule has 7 nitrogen and oxygen atoms in total. The van der Waals surface area contributed by atoms with Crippen molar-refractivity contribution in [1.29, 1.82) is 0 Å². The van der Waals surface area contributed by atoms with Crippen molar-refractivity contribution in [3.63, 3.8) is 0 Å². The molecule has 1 aromatic heterocycles. The van der Waals surface area contributed by atoms with Crippen molar-refractivity contribution in [2.24, 2.45) is 5.84 Å². The van der Waals surface area contributed by atoms with E-state index in [4.69, 9.17) is 15.3 Å². The summed E-state index contributed by atoms with van der Waals surface area (Å²) in [4.78, 5) is 12.5. The zero-order valence-corrected chi connectivity index (χ0v) is 19.5. The number of rotatable bonds is 5. The Balaban J connectivity index is 1.73. The van der Waals surface area contributed by atoms with Gasteiger partial charge in [0.2, 0.25) is 0 Å². The van der Waals surface area contributed by atoms with Crippen molar-refractivity contribution in [3.8, 4) is 5.75 Å². The summed E-state index contributed by atoms with van der Waals surface area (Å²) in [6, 6.07) is 14.0.